The summed E-state index contributed by atoms with van der Waals surface area (Å²) in [5.41, 5.74) is 6.22. The standard InChI is InChI=1S/C11H12ClNO3.C2HF3O2/c1-16-11(15)8-3-2-7(10(12)5-8)4-9(14)6-13;3-2(4,5)1(6)7/h2-3,5H,4,6,13H2,1H3;(H,6,7). The topological polar surface area (TPSA) is 107 Å². The van der Waals surface area contributed by atoms with Crippen LogP contribution in [0.3, 0.4) is 0 Å². The van der Waals surface area contributed by atoms with Crippen LogP contribution in [0.4, 0.5) is 13.2 Å². The van der Waals surface area contributed by atoms with Crippen LogP contribution in [0, 0.1) is 0 Å². The smallest absolute Gasteiger partial charge is 0.475 e. The van der Waals surface area contributed by atoms with E-state index in [-0.39, 0.29) is 18.7 Å². The van der Waals surface area contributed by atoms with Gasteiger partial charge in [0.05, 0.1) is 19.2 Å². The second kappa shape index (κ2) is 9.11. The Kier molecular flexibility index (Phi) is 8.27. The predicted octanol–water partition coefficient (Wildman–Crippen LogP) is 1.83. The van der Waals surface area contributed by atoms with E-state index in [1.54, 1.807) is 12.1 Å². The first-order valence-corrected chi connectivity index (χ1v) is 6.29. The summed E-state index contributed by atoms with van der Waals surface area (Å²) in [6.45, 7) is -0.0188. The summed E-state index contributed by atoms with van der Waals surface area (Å²) in [4.78, 5) is 31.2. The van der Waals surface area contributed by atoms with Crippen molar-refractivity contribution in [3.05, 3.63) is 34.3 Å². The van der Waals surface area contributed by atoms with Crippen molar-refractivity contribution in [3.63, 3.8) is 0 Å². The van der Waals surface area contributed by atoms with Gasteiger partial charge in [0.2, 0.25) is 0 Å². The molecule has 0 radical (unpaired) electrons. The minimum Gasteiger partial charge on any atom is -0.475 e. The highest BCUT2D eigenvalue weighted by molar-refractivity contribution is 6.31. The molecule has 0 heterocycles. The number of hydrogen-bond donors (Lipinski definition) is 2. The Balaban J connectivity index is 0.000000585. The lowest BCUT2D eigenvalue weighted by Crippen LogP contribution is -2.21. The Morgan fingerprint density at radius 2 is 1.83 bits per heavy atom. The van der Waals surface area contributed by atoms with Crippen LogP contribution in [0.25, 0.3) is 0 Å². The van der Waals surface area contributed by atoms with E-state index < -0.39 is 18.1 Å². The highest BCUT2D eigenvalue weighted by Crippen LogP contribution is 2.19. The lowest BCUT2D eigenvalue weighted by Gasteiger charge is -2.05. The molecule has 23 heavy (non-hydrogen) atoms. The van der Waals surface area contributed by atoms with Gasteiger partial charge in [-0.1, -0.05) is 17.7 Å². The van der Waals surface area contributed by atoms with Crippen LogP contribution in [-0.2, 0) is 20.7 Å². The lowest BCUT2D eigenvalue weighted by molar-refractivity contribution is -0.192. The second-order valence-electron chi connectivity index (χ2n) is 4.02. The maximum atomic E-state index is 11.2. The van der Waals surface area contributed by atoms with Gasteiger partial charge >= 0.3 is 18.1 Å². The minimum atomic E-state index is -5.08. The summed E-state index contributed by atoms with van der Waals surface area (Å²) in [6.07, 6.45) is -4.91. The summed E-state index contributed by atoms with van der Waals surface area (Å²) in [6, 6.07) is 4.67. The number of carboxylic acid groups (broad SMARTS) is 1. The van der Waals surface area contributed by atoms with Crippen molar-refractivity contribution in [3.8, 4) is 0 Å². The fourth-order valence-corrected chi connectivity index (χ4v) is 1.47. The predicted molar refractivity (Wildman–Crippen MR) is 74.2 cm³/mol. The molecule has 10 heteroatoms. The molecule has 1 aromatic rings. The molecule has 3 N–H and O–H groups in total. The molecule has 0 saturated carbocycles. The SMILES string of the molecule is COC(=O)c1ccc(CC(=O)CN)c(Cl)c1.O=C(O)C(F)(F)F. The van der Waals surface area contributed by atoms with Gasteiger partial charge in [-0.2, -0.15) is 13.2 Å². The number of benzene rings is 1. The van der Waals surface area contributed by atoms with Gasteiger partial charge < -0.3 is 15.6 Å². The highest BCUT2D eigenvalue weighted by atomic mass is 35.5. The molecule has 0 aliphatic heterocycles. The molecule has 0 aliphatic carbocycles. The van der Waals surface area contributed by atoms with Crippen molar-refractivity contribution >= 4 is 29.3 Å². The van der Waals surface area contributed by atoms with Gasteiger partial charge in [0.15, 0.2) is 5.78 Å². The summed E-state index contributed by atoms with van der Waals surface area (Å²) in [5.74, 6) is -3.32. The molecular formula is C13H13ClF3NO5. The number of alkyl halides is 3. The number of carbonyl (C=O) groups excluding carboxylic acids is 2. The van der Waals surface area contributed by atoms with E-state index in [0.717, 1.165) is 0 Å². The molecular weight excluding hydrogens is 343 g/mol. The molecule has 128 valence electrons. The number of hydrogen-bond acceptors (Lipinski definition) is 5. The summed E-state index contributed by atoms with van der Waals surface area (Å²) >= 11 is 5.93. The Morgan fingerprint density at radius 1 is 1.30 bits per heavy atom. The number of ether oxygens (including phenoxy) is 1. The monoisotopic (exact) mass is 355 g/mol. The minimum absolute atomic E-state index is 0.0188. The summed E-state index contributed by atoms with van der Waals surface area (Å²) in [5, 5.41) is 7.49. The van der Waals surface area contributed by atoms with E-state index >= 15 is 0 Å². The molecule has 0 unspecified atom stereocenters. The van der Waals surface area contributed by atoms with E-state index in [2.05, 4.69) is 4.74 Å². The molecule has 0 fully saturated rings. The number of methoxy groups -OCH3 is 1. The van der Waals surface area contributed by atoms with Gasteiger partial charge in [0.1, 0.15) is 0 Å². The first-order chi connectivity index (χ1) is 10.5. The van der Waals surface area contributed by atoms with Gasteiger partial charge in [-0.15, -0.1) is 0 Å². The largest absolute Gasteiger partial charge is 0.490 e. The number of Topliss-reactive ketones (excluding diaryl/α,β-unsaturated/α-hetero) is 1. The van der Waals surface area contributed by atoms with Crippen LogP contribution < -0.4 is 5.73 Å². The molecule has 0 atom stereocenters. The van der Waals surface area contributed by atoms with Crippen molar-refractivity contribution < 1.29 is 37.4 Å². The Bertz CT molecular complexity index is 589. The maximum absolute atomic E-state index is 11.2. The third kappa shape index (κ3) is 7.61. The van der Waals surface area contributed by atoms with Crippen molar-refractivity contribution in [2.75, 3.05) is 13.7 Å². The first-order valence-electron chi connectivity index (χ1n) is 5.91. The number of nitrogens with two attached hydrogens (primary N) is 1. The van der Waals surface area contributed by atoms with Crippen molar-refractivity contribution in [1.82, 2.24) is 0 Å². The highest BCUT2D eigenvalue weighted by Gasteiger charge is 2.38. The van der Waals surface area contributed by atoms with E-state index in [4.69, 9.17) is 27.2 Å². The fraction of sp³-hybridized carbons (Fsp3) is 0.308. The van der Waals surface area contributed by atoms with E-state index in [0.29, 0.717) is 16.1 Å². The van der Waals surface area contributed by atoms with Crippen molar-refractivity contribution in [2.45, 2.75) is 12.6 Å². The van der Waals surface area contributed by atoms with Gasteiger partial charge in [0, 0.05) is 11.4 Å². The molecule has 0 bridgehead atoms. The molecule has 0 saturated heterocycles. The number of carbonyl (C=O) groups is 3. The van der Waals surface area contributed by atoms with Crippen LogP contribution in [0.15, 0.2) is 18.2 Å². The molecule has 0 aromatic heterocycles. The van der Waals surface area contributed by atoms with Crippen molar-refractivity contribution in [1.29, 1.82) is 0 Å². The zero-order valence-corrected chi connectivity index (χ0v) is 12.6. The molecule has 6 nitrogen and oxygen atoms in total. The average molecular weight is 356 g/mol. The van der Waals surface area contributed by atoms with Crippen molar-refractivity contribution in [2.24, 2.45) is 5.73 Å². The Morgan fingerprint density at radius 3 is 2.17 bits per heavy atom. The van der Waals surface area contributed by atoms with Crippen LogP contribution in [0.1, 0.15) is 15.9 Å². The maximum Gasteiger partial charge on any atom is 0.490 e. The molecule has 0 spiro atoms. The number of halogens is 4. The Hall–Kier alpha value is -2.13. The first kappa shape index (κ1) is 20.9. The van der Waals surface area contributed by atoms with Crippen LogP contribution in [-0.4, -0.2) is 42.7 Å². The normalized spacial score (nSPS) is 10.3. The van der Waals surface area contributed by atoms with Gasteiger partial charge in [-0.05, 0) is 17.7 Å². The van der Waals surface area contributed by atoms with E-state index in [1.807, 2.05) is 0 Å². The zero-order chi connectivity index (χ0) is 18.2. The number of esters is 1. The van der Waals surface area contributed by atoms with E-state index in [9.17, 15) is 22.8 Å². The zero-order valence-electron chi connectivity index (χ0n) is 11.8. The van der Waals surface area contributed by atoms with Gasteiger partial charge in [0.25, 0.3) is 0 Å². The van der Waals surface area contributed by atoms with E-state index in [1.165, 1.54) is 13.2 Å². The number of rotatable bonds is 4. The average Bonchev–Trinajstić information content (AvgIpc) is 2.47. The molecule has 1 aromatic carbocycles. The molecule has 0 aliphatic rings. The third-order valence-corrected chi connectivity index (χ3v) is 2.68. The summed E-state index contributed by atoms with van der Waals surface area (Å²) < 4.78 is 36.3. The lowest BCUT2D eigenvalue weighted by atomic mass is 10.1. The number of ketones is 1. The quantitative estimate of drug-likeness (QED) is 0.798. The second-order valence-corrected chi connectivity index (χ2v) is 4.43. The van der Waals surface area contributed by atoms with Gasteiger partial charge in [-0.25, -0.2) is 9.59 Å². The third-order valence-electron chi connectivity index (χ3n) is 2.33. The molecule has 1 rings (SSSR count). The summed E-state index contributed by atoms with van der Waals surface area (Å²) in [7, 11) is 1.29. The van der Waals surface area contributed by atoms with Crippen LogP contribution in [0.2, 0.25) is 5.02 Å². The number of aliphatic carboxylic acids is 1. The Labute approximate surface area is 134 Å². The van der Waals surface area contributed by atoms with Crippen LogP contribution >= 0.6 is 11.6 Å². The van der Waals surface area contributed by atoms with Crippen LogP contribution in [0.5, 0.6) is 0 Å². The number of carboxylic acids is 1. The fourth-order valence-electron chi connectivity index (χ4n) is 1.22. The van der Waals surface area contributed by atoms with Gasteiger partial charge in [-0.3, -0.25) is 4.79 Å². The molecule has 0 amide bonds.